The van der Waals surface area contributed by atoms with Gasteiger partial charge in [-0.25, -0.2) is 4.79 Å². The molecule has 2 N–H and O–H groups in total. The number of anilines is 1. The van der Waals surface area contributed by atoms with Crippen LogP contribution in [0.5, 0.6) is 0 Å². The largest absolute Gasteiger partial charge is 0.478 e. The second-order valence-electron chi connectivity index (χ2n) is 2.68. The molecule has 0 atom stereocenters. The van der Waals surface area contributed by atoms with Gasteiger partial charge in [-0.15, -0.1) is 0 Å². The minimum absolute atomic E-state index is 0.223. The third-order valence-electron chi connectivity index (χ3n) is 1.62. The number of benzene rings is 1. The van der Waals surface area contributed by atoms with Crippen LogP contribution in [0.25, 0.3) is 0 Å². The Kier molecular flexibility index (Phi) is 3.67. The highest BCUT2D eigenvalue weighted by atomic mass is 16.4. The van der Waals surface area contributed by atoms with E-state index >= 15 is 0 Å². The Morgan fingerprint density at radius 2 is 2.29 bits per heavy atom. The van der Waals surface area contributed by atoms with Gasteiger partial charge in [-0.1, -0.05) is 19.1 Å². The summed E-state index contributed by atoms with van der Waals surface area (Å²) in [5, 5.41) is 12.7. The number of hydrogen-bond donors (Lipinski definition) is 2. The molecule has 4 nitrogen and oxygen atoms in total. The van der Waals surface area contributed by atoms with Crippen LogP contribution in [0.3, 0.4) is 0 Å². The summed E-state index contributed by atoms with van der Waals surface area (Å²) in [7, 11) is 0. The molecule has 14 heavy (non-hydrogen) atoms. The van der Waals surface area contributed by atoms with Gasteiger partial charge in [0.15, 0.2) is 0 Å². The molecule has 1 rings (SSSR count). The molecule has 0 radical (unpaired) electrons. The highest BCUT2D eigenvalue weighted by molar-refractivity contribution is 5.94. The van der Waals surface area contributed by atoms with Crippen LogP contribution in [0, 0.1) is 0 Å². The monoisotopic (exact) mass is 192 g/mol. The second kappa shape index (κ2) is 5.01. The minimum atomic E-state index is -0.959. The zero-order valence-electron chi connectivity index (χ0n) is 7.90. The number of rotatable bonds is 4. The molecule has 4 heteroatoms. The Morgan fingerprint density at radius 3 is 2.93 bits per heavy atom. The smallest absolute Gasteiger partial charge is 0.337 e. The molecule has 74 valence electrons. The van der Waals surface area contributed by atoms with Crippen LogP contribution in [-0.2, 0) is 0 Å². The molecule has 0 bridgehead atoms. The fourth-order valence-electron chi connectivity index (χ4n) is 0.974. The summed E-state index contributed by atoms with van der Waals surface area (Å²) in [6.45, 7) is 1.95. The fraction of sp³-hybridized carbons (Fsp3) is 0.200. The lowest BCUT2D eigenvalue weighted by Crippen LogP contribution is -2.01. The van der Waals surface area contributed by atoms with Gasteiger partial charge in [0.05, 0.1) is 11.3 Å². The average Bonchev–Trinajstić information content (AvgIpc) is 2.19. The Morgan fingerprint density at radius 1 is 1.57 bits per heavy atom. The van der Waals surface area contributed by atoms with Gasteiger partial charge in [0.1, 0.15) is 0 Å². The van der Waals surface area contributed by atoms with Gasteiger partial charge in [0.2, 0.25) is 0 Å². The van der Waals surface area contributed by atoms with E-state index in [1.807, 2.05) is 6.92 Å². The van der Waals surface area contributed by atoms with Crippen molar-refractivity contribution in [1.29, 1.82) is 0 Å². The predicted octanol–water partition coefficient (Wildman–Crippen LogP) is 2.19. The van der Waals surface area contributed by atoms with E-state index in [4.69, 9.17) is 5.11 Å². The van der Waals surface area contributed by atoms with E-state index in [0.717, 1.165) is 6.42 Å². The molecule has 0 unspecified atom stereocenters. The van der Waals surface area contributed by atoms with Crippen molar-refractivity contribution in [1.82, 2.24) is 0 Å². The molecule has 0 saturated heterocycles. The zero-order chi connectivity index (χ0) is 10.4. The van der Waals surface area contributed by atoms with Crippen LogP contribution in [-0.4, -0.2) is 17.3 Å². The zero-order valence-corrected chi connectivity index (χ0v) is 7.90. The molecule has 0 fully saturated rings. The first-order valence-corrected chi connectivity index (χ1v) is 4.35. The van der Waals surface area contributed by atoms with Crippen LogP contribution in [0.1, 0.15) is 23.7 Å². The number of nitrogens with zero attached hydrogens (tertiary/aromatic N) is 1. The van der Waals surface area contributed by atoms with Gasteiger partial charge in [-0.05, 0) is 18.6 Å². The van der Waals surface area contributed by atoms with Crippen LogP contribution in [0.15, 0.2) is 29.4 Å². The van der Waals surface area contributed by atoms with E-state index in [2.05, 4.69) is 10.5 Å². The van der Waals surface area contributed by atoms with Crippen LogP contribution >= 0.6 is 0 Å². The fourth-order valence-corrected chi connectivity index (χ4v) is 0.974. The SMILES string of the molecule is CC/C=N/Nc1ccccc1C(=O)O. The quantitative estimate of drug-likeness (QED) is 0.567. The molecule has 0 aliphatic carbocycles. The molecule has 1 aromatic carbocycles. The summed E-state index contributed by atoms with van der Waals surface area (Å²) in [6, 6.07) is 6.65. The van der Waals surface area contributed by atoms with Crippen molar-refractivity contribution in [3.8, 4) is 0 Å². The maximum Gasteiger partial charge on any atom is 0.337 e. The highest BCUT2D eigenvalue weighted by Gasteiger charge is 2.07. The van der Waals surface area contributed by atoms with Crippen molar-refractivity contribution in [2.24, 2.45) is 5.10 Å². The van der Waals surface area contributed by atoms with E-state index in [9.17, 15) is 4.79 Å². The lowest BCUT2D eigenvalue weighted by Gasteiger charge is -2.03. The lowest BCUT2D eigenvalue weighted by molar-refractivity contribution is 0.0698. The number of hydrazone groups is 1. The number of hydrogen-bond acceptors (Lipinski definition) is 3. The molecule has 0 saturated carbocycles. The maximum atomic E-state index is 10.8. The van der Waals surface area contributed by atoms with Crippen molar-refractivity contribution in [2.45, 2.75) is 13.3 Å². The molecule has 0 amide bonds. The molecule has 0 aliphatic heterocycles. The van der Waals surface area contributed by atoms with Crippen LogP contribution in [0.2, 0.25) is 0 Å². The van der Waals surface area contributed by atoms with Crippen molar-refractivity contribution >= 4 is 17.9 Å². The van der Waals surface area contributed by atoms with E-state index < -0.39 is 5.97 Å². The first-order valence-electron chi connectivity index (χ1n) is 4.35. The van der Waals surface area contributed by atoms with Crippen LogP contribution in [0.4, 0.5) is 5.69 Å². The lowest BCUT2D eigenvalue weighted by atomic mass is 10.2. The molecular formula is C10H12N2O2. The van der Waals surface area contributed by atoms with Gasteiger partial charge >= 0.3 is 5.97 Å². The molecule has 1 aromatic rings. The number of carboxylic acids is 1. The molecule has 0 aromatic heterocycles. The average molecular weight is 192 g/mol. The Labute approximate surface area is 82.3 Å². The Hall–Kier alpha value is -1.84. The highest BCUT2D eigenvalue weighted by Crippen LogP contribution is 2.14. The summed E-state index contributed by atoms with van der Waals surface area (Å²) in [5.41, 5.74) is 3.41. The summed E-state index contributed by atoms with van der Waals surface area (Å²) >= 11 is 0. The van der Waals surface area contributed by atoms with E-state index in [0.29, 0.717) is 5.69 Å². The van der Waals surface area contributed by atoms with Gasteiger partial charge in [0, 0.05) is 6.21 Å². The summed E-state index contributed by atoms with van der Waals surface area (Å²) in [5.74, 6) is -0.959. The van der Waals surface area contributed by atoms with E-state index in [1.165, 1.54) is 6.07 Å². The number of aromatic carboxylic acids is 1. The van der Waals surface area contributed by atoms with Crippen molar-refractivity contribution in [3.05, 3.63) is 29.8 Å². The molecule has 0 aliphatic rings. The number of nitrogens with one attached hydrogen (secondary N) is 1. The third kappa shape index (κ3) is 2.58. The predicted molar refractivity (Wildman–Crippen MR) is 55.8 cm³/mol. The van der Waals surface area contributed by atoms with Gasteiger partial charge in [0.25, 0.3) is 0 Å². The second-order valence-corrected chi connectivity index (χ2v) is 2.68. The molecular weight excluding hydrogens is 180 g/mol. The van der Waals surface area contributed by atoms with Gasteiger partial charge in [-0.2, -0.15) is 5.10 Å². The molecule has 0 heterocycles. The first kappa shape index (κ1) is 10.2. The number of carboxylic acid groups (broad SMARTS) is 1. The Balaban J connectivity index is 2.84. The van der Waals surface area contributed by atoms with E-state index in [-0.39, 0.29) is 5.56 Å². The maximum absolute atomic E-state index is 10.8. The van der Waals surface area contributed by atoms with Gasteiger partial charge < -0.3 is 5.11 Å². The normalized spacial score (nSPS) is 10.4. The standard InChI is InChI=1S/C10H12N2O2/c1-2-7-11-12-9-6-4-3-5-8(9)10(13)14/h3-7,12H,2H2,1H3,(H,13,14)/b11-7+. The first-order chi connectivity index (χ1) is 6.75. The third-order valence-corrected chi connectivity index (χ3v) is 1.62. The molecule has 0 spiro atoms. The van der Waals surface area contributed by atoms with Crippen molar-refractivity contribution < 1.29 is 9.90 Å². The minimum Gasteiger partial charge on any atom is -0.478 e. The Bertz CT molecular complexity index is 348. The topological polar surface area (TPSA) is 61.7 Å². The summed E-state index contributed by atoms with van der Waals surface area (Å²) in [6.07, 6.45) is 2.49. The summed E-state index contributed by atoms with van der Waals surface area (Å²) < 4.78 is 0. The van der Waals surface area contributed by atoms with Gasteiger partial charge in [-0.3, -0.25) is 5.43 Å². The van der Waals surface area contributed by atoms with Crippen molar-refractivity contribution in [2.75, 3.05) is 5.43 Å². The van der Waals surface area contributed by atoms with Crippen LogP contribution < -0.4 is 5.43 Å². The van der Waals surface area contributed by atoms with E-state index in [1.54, 1.807) is 24.4 Å². The number of para-hydroxylation sites is 1. The summed E-state index contributed by atoms with van der Waals surface area (Å²) in [4.78, 5) is 10.8. The van der Waals surface area contributed by atoms with Crippen molar-refractivity contribution in [3.63, 3.8) is 0 Å². The number of carbonyl (C=O) groups is 1.